The van der Waals surface area contributed by atoms with E-state index in [9.17, 15) is 0 Å². The van der Waals surface area contributed by atoms with Gasteiger partial charge in [0.25, 0.3) is 0 Å². The summed E-state index contributed by atoms with van der Waals surface area (Å²) in [5, 5.41) is 0. The highest BCUT2D eigenvalue weighted by Gasteiger charge is 2.17. The molecule has 2 rings (SSSR count). The SMILES string of the molecule is C=C(C)c1ccc(C2CCCCN(C)C2)cc1. The molecular weight excluding hydrogens is 206 g/mol. The Kier molecular flexibility index (Phi) is 4.01. The molecule has 92 valence electrons. The van der Waals surface area contributed by atoms with E-state index in [2.05, 4.69) is 49.7 Å². The average molecular weight is 229 g/mol. The zero-order chi connectivity index (χ0) is 12.3. The van der Waals surface area contributed by atoms with Gasteiger partial charge in [-0.15, -0.1) is 0 Å². The Labute approximate surface area is 105 Å². The van der Waals surface area contributed by atoms with Crippen molar-refractivity contribution in [1.29, 1.82) is 0 Å². The molecule has 0 aliphatic carbocycles. The largest absolute Gasteiger partial charge is 0.306 e. The van der Waals surface area contributed by atoms with Crippen LogP contribution in [-0.2, 0) is 0 Å². The zero-order valence-corrected chi connectivity index (χ0v) is 11.1. The van der Waals surface area contributed by atoms with Crippen molar-refractivity contribution in [3.8, 4) is 0 Å². The van der Waals surface area contributed by atoms with E-state index in [1.807, 2.05) is 0 Å². The maximum absolute atomic E-state index is 3.99. The lowest BCUT2D eigenvalue weighted by molar-refractivity contribution is 0.332. The second-order valence-electron chi connectivity index (χ2n) is 5.36. The Hall–Kier alpha value is -1.08. The number of benzene rings is 1. The third kappa shape index (κ3) is 3.19. The van der Waals surface area contributed by atoms with E-state index in [1.165, 1.54) is 43.5 Å². The van der Waals surface area contributed by atoms with Crippen LogP contribution in [-0.4, -0.2) is 25.0 Å². The Balaban J connectivity index is 2.12. The van der Waals surface area contributed by atoms with Crippen LogP contribution < -0.4 is 0 Å². The molecule has 1 nitrogen and oxygen atoms in total. The third-order valence-corrected chi connectivity index (χ3v) is 3.75. The van der Waals surface area contributed by atoms with Crippen molar-refractivity contribution in [2.75, 3.05) is 20.1 Å². The number of allylic oxidation sites excluding steroid dienone is 1. The summed E-state index contributed by atoms with van der Waals surface area (Å²) in [5.74, 6) is 0.710. The zero-order valence-electron chi connectivity index (χ0n) is 11.1. The Morgan fingerprint density at radius 2 is 1.94 bits per heavy atom. The monoisotopic (exact) mass is 229 g/mol. The molecule has 0 bridgehead atoms. The van der Waals surface area contributed by atoms with Crippen LogP contribution in [0.25, 0.3) is 5.57 Å². The van der Waals surface area contributed by atoms with Gasteiger partial charge in [0.1, 0.15) is 0 Å². The number of likely N-dealkylation sites (N-methyl/N-ethyl adjacent to an activating group) is 1. The molecule has 17 heavy (non-hydrogen) atoms. The molecule has 1 aromatic carbocycles. The van der Waals surface area contributed by atoms with Crippen LogP contribution in [0.2, 0.25) is 0 Å². The topological polar surface area (TPSA) is 3.24 Å². The molecule has 1 saturated heterocycles. The molecule has 0 saturated carbocycles. The van der Waals surface area contributed by atoms with E-state index in [1.54, 1.807) is 0 Å². The first-order valence-corrected chi connectivity index (χ1v) is 6.61. The van der Waals surface area contributed by atoms with Gasteiger partial charge in [-0.2, -0.15) is 0 Å². The first-order valence-electron chi connectivity index (χ1n) is 6.61. The van der Waals surface area contributed by atoms with Gasteiger partial charge in [-0.25, -0.2) is 0 Å². The molecule has 0 N–H and O–H groups in total. The van der Waals surface area contributed by atoms with Gasteiger partial charge in [-0.3, -0.25) is 0 Å². The summed E-state index contributed by atoms with van der Waals surface area (Å²) in [6, 6.07) is 8.99. The number of likely N-dealkylation sites (tertiary alicyclic amines) is 1. The fourth-order valence-corrected chi connectivity index (χ4v) is 2.64. The molecule has 1 heterocycles. The summed E-state index contributed by atoms with van der Waals surface area (Å²) in [6.45, 7) is 8.50. The molecule has 1 heteroatoms. The van der Waals surface area contributed by atoms with Crippen molar-refractivity contribution in [2.24, 2.45) is 0 Å². The summed E-state index contributed by atoms with van der Waals surface area (Å²) < 4.78 is 0. The van der Waals surface area contributed by atoms with Crippen molar-refractivity contribution in [2.45, 2.75) is 32.1 Å². The van der Waals surface area contributed by atoms with Crippen molar-refractivity contribution in [3.05, 3.63) is 42.0 Å². The maximum atomic E-state index is 3.99. The lowest BCUT2D eigenvalue weighted by Crippen LogP contribution is -2.22. The standard InChI is InChI=1S/C16H23N/c1-13(2)14-7-9-15(10-8-14)16-6-4-5-11-17(3)12-16/h7-10,16H,1,4-6,11-12H2,2-3H3. The summed E-state index contributed by atoms with van der Waals surface area (Å²) in [6.07, 6.45) is 4.03. The van der Waals surface area contributed by atoms with Crippen LogP contribution in [0.1, 0.15) is 43.2 Å². The molecule has 1 aromatic rings. The van der Waals surface area contributed by atoms with Crippen LogP contribution >= 0.6 is 0 Å². The predicted molar refractivity (Wildman–Crippen MR) is 75.2 cm³/mol. The Morgan fingerprint density at radius 3 is 2.59 bits per heavy atom. The highest BCUT2D eigenvalue weighted by atomic mass is 15.1. The van der Waals surface area contributed by atoms with Gasteiger partial charge >= 0.3 is 0 Å². The second-order valence-corrected chi connectivity index (χ2v) is 5.36. The lowest BCUT2D eigenvalue weighted by Gasteiger charge is -2.20. The minimum Gasteiger partial charge on any atom is -0.306 e. The summed E-state index contributed by atoms with van der Waals surface area (Å²) >= 11 is 0. The van der Waals surface area contributed by atoms with Gasteiger partial charge in [-0.05, 0) is 50.4 Å². The van der Waals surface area contributed by atoms with Gasteiger partial charge < -0.3 is 4.90 Å². The summed E-state index contributed by atoms with van der Waals surface area (Å²) in [5.41, 5.74) is 3.90. The average Bonchev–Trinajstić information content (AvgIpc) is 2.54. The van der Waals surface area contributed by atoms with E-state index < -0.39 is 0 Å². The molecule has 1 atom stereocenters. The molecule has 0 aromatic heterocycles. The quantitative estimate of drug-likeness (QED) is 0.743. The van der Waals surface area contributed by atoms with Gasteiger partial charge in [-0.1, -0.05) is 42.8 Å². The number of rotatable bonds is 2. The first kappa shape index (κ1) is 12.4. The van der Waals surface area contributed by atoms with Crippen LogP contribution in [0.15, 0.2) is 30.8 Å². The number of nitrogens with zero attached hydrogens (tertiary/aromatic N) is 1. The van der Waals surface area contributed by atoms with Gasteiger partial charge in [0.05, 0.1) is 0 Å². The lowest BCUT2D eigenvalue weighted by atomic mass is 9.93. The van der Waals surface area contributed by atoms with Gasteiger partial charge in [0, 0.05) is 6.54 Å². The third-order valence-electron chi connectivity index (χ3n) is 3.75. The fourth-order valence-electron chi connectivity index (χ4n) is 2.64. The van der Waals surface area contributed by atoms with Crippen molar-refractivity contribution in [3.63, 3.8) is 0 Å². The smallest absolute Gasteiger partial charge is 0.00472 e. The van der Waals surface area contributed by atoms with Crippen LogP contribution in [0, 0.1) is 0 Å². The molecule has 0 amide bonds. The van der Waals surface area contributed by atoms with E-state index in [4.69, 9.17) is 0 Å². The van der Waals surface area contributed by atoms with Crippen LogP contribution in [0.3, 0.4) is 0 Å². The number of hydrogen-bond acceptors (Lipinski definition) is 1. The van der Waals surface area contributed by atoms with Crippen molar-refractivity contribution >= 4 is 5.57 Å². The number of hydrogen-bond donors (Lipinski definition) is 0. The molecule has 1 unspecified atom stereocenters. The molecule has 0 spiro atoms. The maximum Gasteiger partial charge on any atom is 0.00472 e. The fraction of sp³-hybridized carbons (Fsp3) is 0.500. The summed E-state index contributed by atoms with van der Waals surface area (Å²) in [4.78, 5) is 2.46. The molecular formula is C16H23N. The highest BCUT2D eigenvalue weighted by Crippen LogP contribution is 2.26. The van der Waals surface area contributed by atoms with Crippen LogP contribution in [0.4, 0.5) is 0 Å². The van der Waals surface area contributed by atoms with Crippen LogP contribution in [0.5, 0.6) is 0 Å². The van der Waals surface area contributed by atoms with E-state index in [-0.39, 0.29) is 0 Å². The van der Waals surface area contributed by atoms with Crippen molar-refractivity contribution < 1.29 is 0 Å². The van der Waals surface area contributed by atoms with Gasteiger partial charge in [0.15, 0.2) is 0 Å². The van der Waals surface area contributed by atoms with E-state index >= 15 is 0 Å². The minimum atomic E-state index is 0.710. The Morgan fingerprint density at radius 1 is 1.24 bits per heavy atom. The summed E-state index contributed by atoms with van der Waals surface area (Å²) in [7, 11) is 2.24. The predicted octanol–water partition coefficient (Wildman–Crippen LogP) is 3.92. The highest BCUT2D eigenvalue weighted by molar-refractivity contribution is 5.61. The normalized spacial score (nSPS) is 22.1. The molecule has 1 aliphatic rings. The van der Waals surface area contributed by atoms with E-state index in [0.29, 0.717) is 5.92 Å². The Bertz CT molecular complexity index is 377. The minimum absolute atomic E-state index is 0.710. The van der Waals surface area contributed by atoms with Gasteiger partial charge in [0.2, 0.25) is 0 Å². The second kappa shape index (κ2) is 5.50. The molecule has 1 aliphatic heterocycles. The van der Waals surface area contributed by atoms with E-state index in [0.717, 1.165) is 5.57 Å². The molecule has 0 radical (unpaired) electrons. The first-order chi connectivity index (χ1) is 8.16. The van der Waals surface area contributed by atoms with Crippen molar-refractivity contribution in [1.82, 2.24) is 4.90 Å². The molecule has 1 fully saturated rings.